The molecule has 2 N–H and O–H groups in total. The van der Waals surface area contributed by atoms with E-state index in [1.165, 1.54) is 0 Å². The van der Waals surface area contributed by atoms with Gasteiger partial charge < -0.3 is 10.6 Å². The molecular weight excluding hydrogens is 254 g/mol. The monoisotopic (exact) mass is 269 g/mol. The van der Waals surface area contributed by atoms with Gasteiger partial charge in [-0.25, -0.2) is 4.98 Å². The van der Waals surface area contributed by atoms with Gasteiger partial charge in [0.05, 0.1) is 0 Å². The fourth-order valence-electron chi connectivity index (χ4n) is 2.43. The summed E-state index contributed by atoms with van der Waals surface area (Å²) in [6, 6.07) is 9.16. The number of piperidine rings is 1. The number of fused-ring (bicyclic) bond motifs is 1. The minimum Gasteiger partial charge on any atom is -0.344 e. The van der Waals surface area contributed by atoms with E-state index in [1.54, 1.807) is 6.20 Å². The molecular formula is C15H15N3O2. The molecule has 1 unspecified atom stereocenters. The number of benzene rings is 1. The van der Waals surface area contributed by atoms with Gasteiger partial charge >= 0.3 is 0 Å². The van der Waals surface area contributed by atoms with Gasteiger partial charge in [0.25, 0.3) is 0 Å². The van der Waals surface area contributed by atoms with Crippen LogP contribution in [0.15, 0.2) is 36.5 Å². The molecule has 0 saturated carbocycles. The van der Waals surface area contributed by atoms with Crippen LogP contribution in [0.4, 0.5) is 5.82 Å². The number of carbonyl (C=O) groups is 2. The zero-order valence-corrected chi connectivity index (χ0v) is 10.9. The van der Waals surface area contributed by atoms with Crippen molar-refractivity contribution in [3.05, 3.63) is 36.5 Å². The van der Waals surface area contributed by atoms with Crippen LogP contribution in [-0.4, -0.2) is 22.8 Å². The number of pyridine rings is 1. The molecule has 1 saturated heterocycles. The normalized spacial score (nSPS) is 18.6. The molecule has 102 valence electrons. The van der Waals surface area contributed by atoms with Crippen molar-refractivity contribution >= 4 is 28.4 Å². The topological polar surface area (TPSA) is 71.1 Å². The molecule has 20 heavy (non-hydrogen) atoms. The van der Waals surface area contributed by atoms with Crippen LogP contribution in [0.25, 0.3) is 10.8 Å². The second kappa shape index (κ2) is 5.28. The van der Waals surface area contributed by atoms with Crippen LogP contribution in [0, 0.1) is 0 Å². The molecule has 0 bridgehead atoms. The van der Waals surface area contributed by atoms with Gasteiger partial charge in [-0.05, 0) is 24.3 Å². The number of nitrogens with one attached hydrogen (secondary N) is 2. The first-order chi connectivity index (χ1) is 9.74. The Morgan fingerprint density at radius 1 is 1.30 bits per heavy atom. The van der Waals surface area contributed by atoms with Gasteiger partial charge in [0.1, 0.15) is 11.9 Å². The smallest absolute Gasteiger partial charge is 0.248 e. The molecule has 1 aliphatic heterocycles. The molecule has 1 aromatic carbocycles. The molecule has 1 aromatic heterocycles. The Morgan fingerprint density at radius 2 is 2.15 bits per heavy atom. The average molecular weight is 269 g/mol. The van der Waals surface area contributed by atoms with Gasteiger partial charge in [-0.3, -0.25) is 9.59 Å². The van der Waals surface area contributed by atoms with Crippen molar-refractivity contribution in [1.82, 2.24) is 10.3 Å². The summed E-state index contributed by atoms with van der Waals surface area (Å²) < 4.78 is 0. The molecule has 0 radical (unpaired) electrons. The summed E-state index contributed by atoms with van der Waals surface area (Å²) >= 11 is 0. The van der Waals surface area contributed by atoms with Crippen LogP contribution in [0.1, 0.15) is 19.3 Å². The van der Waals surface area contributed by atoms with Gasteiger partial charge in [-0.1, -0.05) is 24.3 Å². The first-order valence-electron chi connectivity index (χ1n) is 6.68. The summed E-state index contributed by atoms with van der Waals surface area (Å²) in [5.74, 6) is 0.261. The summed E-state index contributed by atoms with van der Waals surface area (Å²) in [4.78, 5) is 27.7. The Balaban J connectivity index is 1.82. The maximum Gasteiger partial charge on any atom is 0.248 e. The van der Waals surface area contributed by atoms with Crippen molar-refractivity contribution in [2.45, 2.75) is 25.3 Å². The number of amides is 2. The lowest BCUT2D eigenvalue weighted by Gasteiger charge is -2.22. The zero-order chi connectivity index (χ0) is 13.9. The largest absolute Gasteiger partial charge is 0.344 e. The Kier molecular flexibility index (Phi) is 3.33. The number of nitrogens with zero attached hydrogens (tertiary/aromatic N) is 1. The minimum atomic E-state index is -0.461. The van der Waals surface area contributed by atoms with E-state index in [4.69, 9.17) is 0 Å². The van der Waals surface area contributed by atoms with Crippen molar-refractivity contribution in [1.29, 1.82) is 0 Å². The Labute approximate surface area is 116 Å². The Bertz CT molecular complexity index is 664. The van der Waals surface area contributed by atoms with Crippen LogP contribution in [0.5, 0.6) is 0 Å². The van der Waals surface area contributed by atoms with E-state index in [0.29, 0.717) is 18.7 Å². The van der Waals surface area contributed by atoms with Gasteiger partial charge in [-0.15, -0.1) is 0 Å². The van der Waals surface area contributed by atoms with Crippen molar-refractivity contribution in [2.75, 3.05) is 5.32 Å². The van der Waals surface area contributed by atoms with Crippen molar-refractivity contribution in [2.24, 2.45) is 0 Å². The maximum atomic E-state index is 12.2. The van der Waals surface area contributed by atoms with E-state index < -0.39 is 6.04 Å². The lowest BCUT2D eigenvalue weighted by Crippen LogP contribution is -2.46. The third-order valence-electron chi connectivity index (χ3n) is 3.46. The fraction of sp³-hybridized carbons (Fsp3) is 0.267. The summed E-state index contributed by atoms with van der Waals surface area (Å²) in [6.07, 6.45) is 3.57. The predicted octanol–water partition coefficient (Wildman–Crippen LogP) is 1.84. The number of hydrogen-bond acceptors (Lipinski definition) is 3. The van der Waals surface area contributed by atoms with Crippen LogP contribution < -0.4 is 10.6 Å². The Morgan fingerprint density at radius 3 is 3.00 bits per heavy atom. The standard InChI is InChI=1S/C15H15N3O2/c19-13-7-3-6-12(17-13)15(20)18-14-11-5-2-1-4-10(11)8-9-16-14/h1-2,4-5,8-9,12H,3,6-7H2,(H,17,19)(H,16,18,20). The van der Waals surface area contributed by atoms with E-state index in [0.717, 1.165) is 17.2 Å². The SMILES string of the molecule is O=C1CCCC(C(=O)Nc2nccc3ccccc23)N1. The molecule has 0 aliphatic carbocycles. The predicted molar refractivity (Wildman–Crippen MR) is 76.2 cm³/mol. The second-order valence-corrected chi connectivity index (χ2v) is 4.88. The summed E-state index contributed by atoms with van der Waals surface area (Å²) in [6.45, 7) is 0. The molecule has 2 amide bonds. The third-order valence-corrected chi connectivity index (χ3v) is 3.46. The molecule has 1 aliphatic rings. The molecule has 1 fully saturated rings. The highest BCUT2D eigenvalue weighted by Gasteiger charge is 2.25. The first kappa shape index (κ1) is 12.6. The molecule has 2 heterocycles. The maximum absolute atomic E-state index is 12.2. The van der Waals surface area contributed by atoms with E-state index in [9.17, 15) is 9.59 Å². The van der Waals surface area contributed by atoms with E-state index in [2.05, 4.69) is 15.6 Å². The van der Waals surface area contributed by atoms with Crippen LogP contribution in [0.3, 0.4) is 0 Å². The van der Waals surface area contributed by atoms with Crippen molar-refractivity contribution in [3.8, 4) is 0 Å². The van der Waals surface area contributed by atoms with Gasteiger partial charge in [0.2, 0.25) is 11.8 Å². The zero-order valence-electron chi connectivity index (χ0n) is 10.9. The quantitative estimate of drug-likeness (QED) is 0.874. The highest BCUT2D eigenvalue weighted by molar-refractivity contribution is 6.03. The number of carbonyl (C=O) groups excluding carboxylic acids is 2. The van der Waals surface area contributed by atoms with E-state index in [1.807, 2.05) is 30.3 Å². The highest BCUT2D eigenvalue weighted by atomic mass is 16.2. The molecule has 5 heteroatoms. The first-order valence-corrected chi connectivity index (χ1v) is 6.68. The van der Waals surface area contributed by atoms with Crippen LogP contribution in [0.2, 0.25) is 0 Å². The molecule has 5 nitrogen and oxygen atoms in total. The van der Waals surface area contributed by atoms with E-state index in [-0.39, 0.29) is 11.8 Å². The highest BCUT2D eigenvalue weighted by Crippen LogP contribution is 2.21. The Hall–Kier alpha value is -2.43. The summed E-state index contributed by atoms with van der Waals surface area (Å²) in [7, 11) is 0. The summed E-state index contributed by atoms with van der Waals surface area (Å²) in [5.41, 5.74) is 0. The molecule has 1 atom stereocenters. The third kappa shape index (κ3) is 2.47. The lowest BCUT2D eigenvalue weighted by atomic mass is 10.0. The van der Waals surface area contributed by atoms with E-state index >= 15 is 0 Å². The second-order valence-electron chi connectivity index (χ2n) is 4.88. The number of aromatic nitrogens is 1. The number of anilines is 1. The summed E-state index contributed by atoms with van der Waals surface area (Å²) in [5, 5.41) is 7.43. The van der Waals surface area contributed by atoms with Crippen molar-refractivity contribution in [3.63, 3.8) is 0 Å². The van der Waals surface area contributed by atoms with Crippen LogP contribution >= 0.6 is 0 Å². The van der Waals surface area contributed by atoms with Gasteiger partial charge in [0, 0.05) is 18.0 Å². The molecule has 2 aromatic rings. The van der Waals surface area contributed by atoms with Gasteiger partial charge in [0.15, 0.2) is 0 Å². The average Bonchev–Trinajstić information content (AvgIpc) is 2.47. The van der Waals surface area contributed by atoms with Gasteiger partial charge in [-0.2, -0.15) is 0 Å². The lowest BCUT2D eigenvalue weighted by molar-refractivity contribution is -0.128. The van der Waals surface area contributed by atoms with Crippen molar-refractivity contribution < 1.29 is 9.59 Å². The molecule has 0 spiro atoms. The fourth-order valence-corrected chi connectivity index (χ4v) is 2.43. The minimum absolute atomic E-state index is 0.0673. The number of hydrogen-bond donors (Lipinski definition) is 2. The van der Waals surface area contributed by atoms with Crippen LogP contribution in [-0.2, 0) is 9.59 Å². The number of rotatable bonds is 2. The molecule has 3 rings (SSSR count).